The zero-order chi connectivity index (χ0) is 19.4. The van der Waals surface area contributed by atoms with Crippen molar-refractivity contribution in [1.29, 1.82) is 0 Å². The molecule has 0 saturated carbocycles. The Morgan fingerprint density at radius 3 is 2.58 bits per heavy atom. The van der Waals surface area contributed by atoms with Crippen LogP contribution in [0.3, 0.4) is 0 Å². The van der Waals surface area contributed by atoms with Gasteiger partial charge in [0.2, 0.25) is 5.91 Å². The summed E-state index contributed by atoms with van der Waals surface area (Å²) in [5.41, 5.74) is 1.35. The second-order valence-corrected chi connectivity index (χ2v) is 7.02. The van der Waals surface area contributed by atoms with Gasteiger partial charge in [0.15, 0.2) is 0 Å². The van der Waals surface area contributed by atoms with Crippen LogP contribution in [0.4, 0.5) is 13.8 Å². The molecule has 1 heterocycles. The first-order chi connectivity index (χ1) is 12.2. The molecule has 0 bridgehead atoms. The number of anilines is 1. The molecule has 2 rings (SSSR count). The third-order valence-electron chi connectivity index (χ3n) is 4.03. The van der Waals surface area contributed by atoms with E-state index in [0.29, 0.717) is 10.6 Å². The molecule has 2 N–H and O–H groups in total. The van der Waals surface area contributed by atoms with Gasteiger partial charge in [0.25, 0.3) is 0 Å². The lowest BCUT2D eigenvalue weighted by Gasteiger charge is -2.15. The van der Waals surface area contributed by atoms with E-state index in [-0.39, 0.29) is 18.0 Å². The molecule has 1 aromatic carbocycles. The zero-order valence-electron chi connectivity index (χ0n) is 14.9. The number of thiophene rings is 1. The van der Waals surface area contributed by atoms with Crippen LogP contribution in [0.25, 0.3) is 0 Å². The number of carbonyl (C=O) groups is 2. The number of nitrogens with one attached hydrogen (secondary N) is 2. The fraction of sp³-hybridized carbons (Fsp3) is 0.333. The Labute approximate surface area is 154 Å². The Morgan fingerprint density at radius 2 is 1.96 bits per heavy atom. The largest absolute Gasteiger partial charge is 0.465 e. The Kier molecular flexibility index (Phi) is 6.44. The number of benzene rings is 1. The maximum Gasteiger partial charge on any atom is 0.341 e. The number of carbonyl (C=O) groups excluding carboxylic acids is 2. The van der Waals surface area contributed by atoms with Gasteiger partial charge >= 0.3 is 5.97 Å². The maximum atomic E-state index is 13.8. The van der Waals surface area contributed by atoms with E-state index >= 15 is 0 Å². The molecule has 26 heavy (non-hydrogen) atoms. The molecule has 2 aromatic rings. The molecule has 1 atom stereocenters. The van der Waals surface area contributed by atoms with E-state index < -0.39 is 23.6 Å². The quantitative estimate of drug-likeness (QED) is 0.748. The van der Waals surface area contributed by atoms with Crippen molar-refractivity contribution in [3.8, 4) is 0 Å². The summed E-state index contributed by atoms with van der Waals surface area (Å²) in [5, 5.41) is 5.97. The summed E-state index contributed by atoms with van der Waals surface area (Å²) < 4.78 is 31.5. The average molecular weight is 382 g/mol. The Morgan fingerprint density at radius 1 is 1.27 bits per heavy atom. The monoisotopic (exact) mass is 382 g/mol. The second kappa shape index (κ2) is 8.37. The lowest BCUT2D eigenvalue weighted by atomic mass is 10.1. The molecular weight excluding hydrogens is 362 g/mol. The molecule has 0 spiro atoms. The van der Waals surface area contributed by atoms with Gasteiger partial charge in [-0.25, -0.2) is 13.6 Å². The number of methoxy groups -OCH3 is 1. The highest BCUT2D eigenvalue weighted by Gasteiger charge is 2.22. The van der Waals surface area contributed by atoms with Crippen molar-refractivity contribution in [2.24, 2.45) is 0 Å². The van der Waals surface area contributed by atoms with Gasteiger partial charge in [0, 0.05) is 22.5 Å². The summed E-state index contributed by atoms with van der Waals surface area (Å²) in [6, 6.07) is 2.80. The summed E-state index contributed by atoms with van der Waals surface area (Å²) in [7, 11) is 1.28. The van der Waals surface area contributed by atoms with Gasteiger partial charge in [-0.15, -0.1) is 11.3 Å². The minimum Gasteiger partial charge on any atom is -0.465 e. The van der Waals surface area contributed by atoms with Gasteiger partial charge < -0.3 is 15.4 Å². The van der Waals surface area contributed by atoms with Crippen LogP contribution in [-0.2, 0) is 9.53 Å². The molecular formula is C18H20F2N2O3S. The zero-order valence-corrected chi connectivity index (χ0v) is 15.7. The third-order valence-corrected chi connectivity index (χ3v) is 5.15. The fourth-order valence-electron chi connectivity index (χ4n) is 2.44. The van der Waals surface area contributed by atoms with Crippen molar-refractivity contribution in [1.82, 2.24) is 5.32 Å². The van der Waals surface area contributed by atoms with Gasteiger partial charge in [0.1, 0.15) is 16.6 Å². The number of aryl methyl sites for hydroxylation is 1. The van der Waals surface area contributed by atoms with Gasteiger partial charge in [0.05, 0.1) is 19.2 Å². The van der Waals surface area contributed by atoms with Crippen LogP contribution >= 0.6 is 11.3 Å². The van der Waals surface area contributed by atoms with Crippen molar-refractivity contribution < 1.29 is 23.1 Å². The van der Waals surface area contributed by atoms with Crippen molar-refractivity contribution in [2.45, 2.75) is 26.8 Å². The predicted octanol–water partition coefficient (Wildman–Crippen LogP) is 3.72. The van der Waals surface area contributed by atoms with Crippen LogP contribution in [0.1, 0.15) is 39.3 Å². The van der Waals surface area contributed by atoms with Crippen molar-refractivity contribution >= 4 is 28.2 Å². The lowest BCUT2D eigenvalue weighted by Crippen LogP contribution is -2.30. The molecule has 1 amide bonds. The number of esters is 1. The summed E-state index contributed by atoms with van der Waals surface area (Å²) in [5.74, 6) is -2.24. The molecule has 0 unspecified atom stereocenters. The number of hydrogen-bond acceptors (Lipinski definition) is 5. The summed E-state index contributed by atoms with van der Waals surface area (Å²) >= 11 is 1.29. The van der Waals surface area contributed by atoms with Gasteiger partial charge in [-0.2, -0.15) is 0 Å². The van der Waals surface area contributed by atoms with Crippen LogP contribution in [0.5, 0.6) is 0 Å². The molecule has 0 fully saturated rings. The highest BCUT2D eigenvalue weighted by atomic mass is 32.1. The minimum absolute atomic E-state index is 0.103. The highest BCUT2D eigenvalue weighted by molar-refractivity contribution is 7.16. The maximum absolute atomic E-state index is 13.8. The van der Waals surface area contributed by atoms with E-state index in [1.165, 1.54) is 24.5 Å². The van der Waals surface area contributed by atoms with E-state index in [2.05, 4.69) is 10.6 Å². The SMILES string of the molecule is COC(=O)c1c(NC(=O)CN[C@H](C)c2ccc(F)cc2F)sc(C)c1C. The van der Waals surface area contributed by atoms with Crippen LogP contribution < -0.4 is 10.6 Å². The van der Waals surface area contributed by atoms with E-state index in [9.17, 15) is 18.4 Å². The van der Waals surface area contributed by atoms with Crippen LogP contribution in [0.15, 0.2) is 18.2 Å². The number of hydrogen-bond donors (Lipinski definition) is 2. The molecule has 1 aromatic heterocycles. The minimum atomic E-state index is -0.678. The molecule has 0 aliphatic carbocycles. The smallest absolute Gasteiger partial charge is 0.341 e. The summed E-state index contributed by atoms with van der Waals surface area (Å²) in [6.07, 6.45) is 0. The van der Waals surface area contributed by atoms with Crippen molar-refractivity contribution in [3.63, 3.8) is 0 Å². The van der Waals surface area contributed by atoms with Gasteiger partial charge in [-0.3, -0.25) is 4.79 Å². The molecule has 140 valence electrons. The Balaban J connectivity index is 2.03. The molecule has 8 heteroatoms. The van der Waals surface area contributed by atoms with Crippen LogP contribution in [0, 0.1) is 25.5 Å². The first-order valence-corrected chi connectivity index (χ1v) is 8.72. The average Bonchev–Trinajstić information content (AvgIpc) is 2.86. The van der Waals surface area contributed by atoms with Gasteiger partial charge in [-0.05, 0) is 32.4 Å². The second-order valence-electron chi connectivity index (χ2n) is 5.80. The third kappa shape index (κ3) is 4.44. The summed E-state index contributed by atoms with van der Waals surface area (Å²) in [4.78, 5) is 25.0. The van der Waals surface area contributed by atoms with E-state index in [1.54, 1.807) is 13.8 Å². The lowest BCUT2D eigenvalue weighted by molar-refractivity contribution is -0.115. The predicted molar refractivity (Wildman–Crippen MR) is 96.5 cm³/mol. The number of ether oxygens (including phenoxy) is 1. The normalized spacial score (nSPS) is 11.9. The topological polar surface area (TPSA) is 67.4 Å². The number of halogens is 2. The van der Waals surface area contributed by atoms with E-state index in [4.69, 9.17) is 4.74 Å². The van der Waals surface area contributed by atoms with E-state index in [0.717, 1.165) is 22.6 Å². The van der Waals surface area contributed by atoms with Crippen molar-refractivity contribution in [3.05, 3.63) is 51.4 Å². The number of amides is 1. The Hall–Kier alpha value is -2.32. The molecule has 5 nitrogen and oxygen atoms in total. The first kappa shape index (κ1) is 20.0. The fourth-order valence-corrected chi connectivity index (χ4v) is 3.51. The molecule has 0 radical (unpaired) electrons. The molecule has 0 aliphatic heterocycles. The highest BCUT2D eigenvalue weighted by Crippen LogP contribution is 2.32. The standard InChI is InChI=1S/C18H20F2N2O3S/c1-9-11(3)26-17(16(9)18(24)25-4)22-15(23)8-21-10(2)13-6-5-12(19)7-14(13)20/h5-7,10,21H,8H2,1-4H3,(H,22,23)/t10-/m1/s1. The first-order valence-electron chi connectivity index (χ1n) is 7.91. The number of rotatable bonds is 6. The van der Waals surface area contributed by atoms with Gasteiger partial charge in [-0.1, -0.05) is 6.07 Å². The van der Waals surface area contributed by atoms with Crippen molar-refractivity contribution in [2.75, 3.05) is 19.0 Å². The Bertz CT molecular complexity index is 836. The molecule has 0 saturated heterocycles. The summed E-state index contributed by atoms with van der Waals surface area (Å²) in [6.45, 7) is 5.20. The van der Waals surface area contributed by atoms with Crippen LogP contribution in [0.2, 0.25) is 0 Å². The van der Waals surface area contributed by atoms with E-state index in [1.807, 2.05) is 6.92 Å². The molecule has 0 aliphatic rings. The van der Waals surface area contributed by atoms with Crippen LogP contribution in [-0.4, -0.2) is 25.5 Å².